The van der Waals surface area contributed by atoms with Crippen LogP contribution in [0.1, 0.15) is 17.7 Å². The second-order valence-corrected chi connectivity index (χ2v) is 4.03. The molecule has 2 aromatic rings. The van der Waals surface area contributed by atoms with Gasteiger partial charge in [0.2, 0.25) is 0 Å². The highest BCUT2D eigenvalue weighted by atomic mass is 15.3. The Morgan fingerprint density at radius 1 is 1.18 bits per heavy atom. The van der Waals surface area contributed by atoms with E-state index in [0.29, 0.717) is 5.82 Å². The molecule has 17 heavy (non-hydrogen) atoms. The lowest BCUT2D eigenvalue weighted by Gasteiger charge is -2.08. The van der Waals surface area contributed by atoms with E-state index >= 15 is 0 Å². The largest absolute Gasteiger partial charge is 0.308 e. The van der Waals surface area contributed by atoms with Gasteiger partial charge in [-0.05, 0) is 31.4 Å². The summed E-state index contributed by atoms with van der Waals surface area (Å²) in [5, 5.41) is 0. The number of rotatable bonds is 2. The Hall–Kier alpha value is -2.01. The Morgan fingerprint density at radius 2 is 2.12 bits per heavy atom. The highest BCUT2D eigenvalue weighted by Crippen LogP contribution is 2.27. The highest BCUT2D eigenvalue weighted by Gasteiger charge is 2.19. The van der Waals surface area contributed by atoms with Crippen LogP contribution in [0.15, 0.2) is 24.4 Å². The average Bonchev–Trinajstić information content (AvgIpc) is 2.86. The molecule has 3 N–H and O–H groups in total. The first kappa shape index (κ1) is 10.2. The van der Waals surface area contributed by atoms with Crippen molar-refractivity contribution in [2.45, 2.75) is 19.3 Å². The molecule has 0 atom stereocenters. The van der Waals surface area contributed by atoms with Gasteiger partial charge in [-0.3, -0.25) is 4.98 Å². The van der Waals surface area contributed by atoms with E-state index in [0.717, 1.165) is 42.0 Å². The zero-order valence-corrected chi connectivity index (χ0v) is 9.35. The standard InChI is InChI=1S/C12H13N5/c13-17-11-8-4-3-6-9(8)15-12(16-11)10-5-1-2-7-14-10/h1-2,5,7H,3-4,6,13H2,(H,15,16,17). The Bertz CT molecular complexity index is 538. The van der Waals surface area contributed by atoms with Crippen molar-refractivity contribution in [3.63, 3.8) is 0 Å². The Labute approximate surface area is 99.1 Å². The fourth-order valence-corrected chi connectivity index (χ4v) is 2.16. The van der Waals surface area contributed by atoms with Crippen molar-refractivity contribution in [3.8, 4) is 11.5 Å². The summed E-state index contributed by atoms with van der Waals surface area (Å²) in [4.78, 5) is 13.2. The van der Waals surface area contributed by atoms with Gasteiger partial charge in [0.1, 0.15) is 11.5 Å². The molecule has 1 aliphatic rings. The molecule has 0 saturated heterocycles. The highest BCUT2D eigenvalue weighted by molar-refractivity contribution is 5.57. The van der Waals surface area contributed by atoms with Crippen molar-refractivity contribution in [2.24, 2.45) is 5.84 Å². The predicted octanol–water partition coefficient (Wildman–Crippen LogP) is 1.31. The molecule has 0 amide bonds. The SMILES string of the molecule is NNc1nc(-c2ccccn2)nc2c1CCC2. The summed E-state index contributed by atoms with van der Waals surface area (Å²) in [7, 11) is 0. The maximum atomic E-state index is 5.51. The van der Waals surface area contributed by atoms with Gasteiger partial charge in [-0.15, -0.1) is 0 Å². The molecule has 0 aliphatic heterocycles. The molecule has 2 aromatic heterocycles. The third-order valence-corrected chi connectivity index (χ3v) is 2.96. The number of hydrazine groups is 1. The second-order valence-electron chi connectivity index (χ2n) is 4.03. The summed E-state index contributed by atoms with van der Waals surface area (Å²) in [6.07, 6.45) is 4.84. The molecule has 5 nitrogen and oxygen atoms in total. The van der Waals surface area contributed by atoms with E-state index in [1.165, 1.54) is 0 Å². The topological polar surface area (TPSA) is 76.7 Å². The monoisotopic (exact) mass is 227 g/mol. The molecule has 86 valence electrons. The van der Waals surface area contributed by atoms with Crippen LogP contribution in [0.4, 0.5) is 5.82 Å². The van der Waals surface area contributed by atoms with Crippen LogP contribution in [-0.2, 0) is 12.8 Å². The van der Waals surface area contributed by atoms with Crippen LogP contribution in [0.3, 0.4) is 0 Å². The van der Waals surface area contributed by atoms with E-state index < -0.39 is 0 Å². The van der Waals surface area contributed by atoms with Crippen LogP contribution in [-0.4, -0.2) is 15.0 Å². The summed E-state index contributed by atoms with van der Waals surface area (Å²) in [6.45, 7) is 0. The van der Waals surface area contributed by atoms with Crippen molar-refractivity contribution in [2.75, 3.05) is 5.43 Å². The molecular formula is C12H13N5. The minimum Gasteiger partial charge on any atom is -0.308 e. The van der Waals surface area contributed by atoms with Gasteiger partial charge < -0.3 is 5.43 Å². The van der Waals surface area contributed by atoms with Crippen LogP contribution >= 0.6 is 0 Å². The molecule has 3 rings (SSSR count). The molecule has 0 radical (unpaired) electrons. The average molecular weight is 227 g/mol. The van der Waals surface area contributed by atoms with Gasteiger partial charge in [-0.1, -0.05) is 6.07 Å². The molecule has 2 heterocycles. The number of pyridine rings is 1. The molecule has 0 aromatic carbocycles. The molecular weight excluding hydrogens is 214 g/mol. The number of nitrogens with two attached hydrogens (primary N) is 1. The lowest BCUT2D eigenvalue weighted by atomic mass is 10.2. The third kappa shape index (κ3) is 1.74. The van der Waals surface area contributed by atoms with E-state index in [9.17, 15) is 0 Å². The number of anilines is 1. The number of aryl methyl sites for hydroxylation is 1. The van der Waals surface area contributed by atoms with Crippen LogP contribution in [0, 0.1) is 0 Å². The van der Waals surface area contributed by atoms with Crippen LogP contribution in [0.5, 0.6) is 0 Å². The number of hydrogen-bond acceptors (Lipinski definition) is 5. The van der Waals surface area contributed by atoms with E-state index in [1.807, 2.05) is 18.2 Å². The molecule has 0 unspecified atom stereocenters. The van der Waals surface area contributed by atoms with Gasteiger partial charge in [0, 0.05) is 17.5 Å². The van der Waals surface area contributed by atoms with Gasteiger partial charge in [0.15, 0.2) is 5.82 Å². The Morgan fingerprint density at radius 3 is 2.88 bits per heavy atom. The van der Waals surface area contributed by atoms with Crippen LogP contribution in [0.2, 0.25) is 0 Å². The Kier molecular flexibility index (Phi) is 2.45. The van der Waals surface area contributed by atoms with E-state index in [4.69, 9.17) is 5.84 Å². The minimum atomic E-state index is 0.638. The zero-order chi connectivity index (χ0) is 11.7. The predicted molar refractivity (Wildman–Crippen MR) is 65.1 cm³/mol. The van der Waals surface area contributed by atoms with Gasteiger partial charge in [-0.2, -0.15) is 0 Å². The van der Waals surface area contributed by atoms with Gasteiger partial charge >= 0.3 is 0 Å². The first-order valence-corrected chi connectivity index (χ1v) is 5.66. The lowest BCUT2D eigenvalue weighted by molar-refractivity contribution is 0.899. The summed E-state index contributed by atoms with van der Waals surface area (Å²) in [5.74, 6) is 6.88. The fourth-order valence-electron chi connectivity index (χ4n) is 2.16. The fraction of sp³-hybridized carbons (Fsp3) is 0.250. The molecule has 0 bridgehead atoms. The van der Waals surface area contributed by atoms with Crippen molar-refractivity contribution in [3.05, 3.63) is 35.7 Å². The summed E-state index contributed by atoms with van der Waals surface area (Å²) < 4.78 is 0. The molecule has 0 spiro atoms. The molecule has 0 saturated carbocycles. The molecule has 1 aliphatic carbocycles. The van der Waals surface area contributed by atoms with Gasteiger partial charge in [-0.25, -0.2) is 15.8 Å². The van der Waals surface area contributed by atoms with Gasteiger partial charge in [0.05, 0.1) is 0 Å². The summed E-state index contributed by atoms with van der Waals surface area (Å²) in [5.41, 5.74) is 5.67. The summed E-state index contributed by atoms with van der Waals surface area (Å²) in [6, 6.07) is 5.70. The van der Waals surface area contributed by atoms with Crippen LogP contribution < -0.4 is 11.3 Å². The summed E-state index contributed by atoms with van der Waals surface area (Å²) >= 11 is 0. The number of hydrogen-bond donors (Lipinski definition) is 2. The zero-order valence-electron chi connectivity index (χ0n) is 9.35. The quantitative estimate of drug-likeness (QED) is 0.597. The maximum Gasteiger partial charge on any atom is 0.180 e. The number of fused-ring (bicyclic) bond motifs is 1. The van der Waals surface area contributed by atoms with E-state index in [2.05, 4.69) is 20.4 Å². The van der Waals surface area contributed by atoms with Crippen molar-refractivity contribution >= 4 is 5.82 Å². The minimum absolute atomic E-state index is 0.638. The van der Waals surface area contributed by atoms with Crippen molar-refractivity contribution in [1.29, 1.82) is 0 Å². The van der Waals surface area contributed by atoms with Crippen molar-refractivity contribution < 1.29 is 0 Å². The number of nitrogen functional groups attached to an aromatic ring is 1. The van der Waals surface area contributed by atoms with E-state index in [1.54, 1.807) is 6.20 Å². The lowest BCUT2D eigenvalue weighted by Crippen LogP contribution is -2.13. The normalized spacial score (nSPS) is 13.5. The smallest absolute Gasteiger partial charge is 0.180 e. The van der Waals surface area contributed by atoms with Crippen molar-refractivity contribution in [1.82, 2.24) is 15.0 Å². The van der Waals surface area contributed by atoms with Gasteiger partial charge in [0.25, 0.3) is 0 Å². The van der Waals surface area contributed by atoms with E-state index in [-0.39, 0.29) is 0 Å². The third-order valence-electron chi connectivity index (χ3n) is 2.96. The number of aromatic nitrogens is 3. The second kappa shape index (κ2) is 4.10. The maximum absolute atomic E-state index is 5.51. The number of nitrogens with zero attached hydrogens (tertiary/aromatic N) is 3. The number of nitrogens with one attached hydrogen (secondary N) is 1. The Balaban J connectivity index is 2.13. The first-order valence-electron chi connectivity index (χ1n) is 5.66. The van der Waals surface area contributed by atoms with Crippen LogP contribution in [0.25, 0.3) is 11.5 Å². The molecule has 0 fully saturated rings. The first-order chi connectivity index (χ1) is 8.38. The molecule has 5 heteroatoms.